The number of hydrogen-bond acceptors (Lipinski definition) is 12. The fraction of sp³-hybridized carbons (Fsp3) is 0.325. The van der Waals surface area contributed by atoms with E-state index in [4.69, 9.17) is 9.47 Å². The van der Waals surface area contributed by atoms with Crippen LogP contribution in [0, 0.1) is 5.82 Å². The molecule has 1 aromatic heterocycles. The number of piperidine rings is 2. The molecule has 4 aromatic rings. The van der Waals surface area contributed by atoms with Crippen LogP contribution in [0.4, 0.5) is 39.3 Å². The maximum absolute atomic E-state index is 15.7. The second-order valence-corrected chi connectivity index (χ2v) is 14.6. The monoisotopic (exact) mass is 834 g/mol. The molecule has 0 spiro atoms. The highest BCUT2D eigenvalue weighted by Crippen LogP contribution is 2.40. The van der Waals surface area contributed by atoms with Crippen LogP contribution in [0.1, 0.15) is 67.0 Å². The average Bonchev–Trinajstić information content (AvgIpc) is 3.64. The van der Waals surface area contributed by atoms with Crippen molar-refractivity contribution in [2.45, 2.75) is 56.8 Å². The molecular formula is C40H35F5N8O7. The van der Waals surface area contributed by atoms with E-state index in [1.165, 1.54) is 36.3 Å². The van der Waals surface area contributed by atoms with Crippen LogP contribution in [0.3, 0.4) is 0 Å². The predicted octanol–water partition coefficient (Wildman–Crippen LogP) is 4.87. The predicted molar refractivity (Wildman–Crippen MR) is 201 cm³/mol. The first-order valence-electron chi connectivity index (χ1n) is 18.7. The van der Waals surface area contributed by atoms with Crippen molar-refractivity contribution in [3.05, 3.63) is 93.9 Å². The highest BCUT2D eigenvalue weighted by molar-refractivity contribution is 6.23. The summed E-state index contributed by atoms with van der Waals surface area (Å²) in [5, 5.41) is 7.86. The zero-order valence-corrected chi connectivity index (χ0v) is 31.9. The molecule has 0 saturated carbocycles. The van der Waals surface area contributed by atoms with Crippen molar-refractivity contribution in [3.8, 4) is 17.4 Å². The fourth-order valence-corrected chi connectivity index (χ4v) is 7.74. The summed E-state index contributed by atoms with van der Waals surface area (Å²) in [5.74, 6) is -5.07. The number of benzene rings is 3. The summed E-state index contributed by atoms with van der Waals surface area (Å²) in [6.07, 6.45) is -5.59. The van der Waals surface area contributed by atoms with Gasteiger partial charge in [-0.05, 0) is 48.7 Å². The van der Waals surface area contributed by atoms with Gasteiger partial charge in [0.05, 0.1) is 36.0 Å². The number of hydrogen-bond donors (Lipinski definition) is 3. The number of imide groups is 2. The number of carbonyl (C=O) groups excluding carboxylic acids is 5. The van der Waals surface area contributed by atoms with Crippen molar-refractivity contribution in [3.63, 3.8) is 0 Å². The summed E-state index contributed by atoms with van der Waals surface area (Å²) < 4.78 is 84.3. The molecule has 312 valence electrons. The molecule has 60 heavy (non-hydrogen) atoms. The second kappa shape index (κ2) is 15.5. The van der Waals surface area contributed by atoms with E-state index in [0.29, 0.717) is 24.0 Å². The summed E-state index contributed by atoms with van der Waals surface area (Å²) in [6, 6.07) is 9.64. The Hall–Kier alpha value is -6.70. The minimum Gasteiger partial charge on any atom is -0.495 e. The molecule has 20 heteroatoms. The average molecular weight is 835 g/mol. The molecule has 4 aliphatic rings. The number of rotatable bonds is 10. The minimum atomic E-state index is -4.92. The molecule has 1 unspecified atom stereocenters. The lowest BCUT2D eigenvalue weighted by Gasteiger charge is -2.36. The van der Waals surface area contributed by atoms with Crippen molar-refractivity contribution < 1.29 is 55.4 Å². The van der Waals surface area contributed by atoms with Crippen molar-refractivity contribution in [2.75, 3.05) is 37.5 Å². The molecule has 15 nitrogen and oxygen atoms in total. The minimum absolute atomic E-state index is 0.0137. The van der Waals surface area contributed by atoms with Crippen LogP contribution < -0.4 is 30.3 Å². The van der Waals surface area contributed by atoms with Crippen molar-refractivity contribution in [1.29, 1.82) is 0 Å². The number of halogens is 5. The number of alkyl halides is 4. The third-order valence-electron chi connectivity index (χ3n) is 10.8. The smallest absolute Gasteiger partial charge is 0.423 e. The molecule has 3 aromatic carbocycles. The Morgan fingerprint density at radius 1 is 0.967 bits per heavy atom. The van der Waals surface area contributed by atoms with Gasteiger partial charge in [-0.15, -0.1) is 0 Å². The van der Waals surface area contributed by atoms with E-state index >= 15 is 8.78 Å². The summed E-state index contributed by atoms with van der Waals surface area (Å²) >= 11 is 0. The van der Waals surface area contributed by atoms with Crippen LogP contribution in [0.2, 0.25) is 0 Å². The molecule has 0 radical (unpaired) electrons. The van der Waals surface area contributed by atoms with Crippen LogP contribution in [-0.2, 0) is 28.9 Å². The summed E-state index contributed by atoms with van der Waals surface area (Å²) in [5.41, 5.74) is 0.0899. The van der Waals surface area contributed by atoms with E-state index < -0.39 is 77.2 Å². The number of fused-ring (bicyclic) bond motifs is 2. The van der Waals surface area contributed by atoms with Gasteiger partial charge < -0.3 is 29.9 Å². The van der Waals surface area contributed by atoms with Gasteiger partial charge in [0.15, 0.2) is 0 Å². The van der Waals surface area contributed by atoms with Gasteiger partial charge in [0, 0.05) is 62.7 Å². The highest BCUT2D eigenvalue weighted by Gasteiger charge is 2.45. The maximum Gasteiger partial charge on any atom is 0.423 e. The van der Waals surface area contributed by atoms with Gasteiger partial charge in [-0.25, -0.2) is 13.8 Å². The van der Waals surface area contributed by atoms with Gasteiger partial charge in [0.25, 0.3) is 17.7 Å². The Labute approximate surface area is 337 Å². The fourth-order valence-electron chi connectivity index (χ4n) is 7.74. The Balaban J connectivity index is 0.926. The quantitative estimate of drug-likeness (QED) is 0.146. The number of methoxy groups -OCH3 is 1. The van der Waals surface area contributed by atoms with Gasteiger partial charge >= 0.3 is 6.18 Å². The molecule has 4 aliphatic heterocycles. The lowest BCUT2D eigenvalue weighted by Crippen LogP contribution is -2.54. The summed E-state index contributed by atoms with van der Waals surface area (Å²) in [4.78, 5) is 74.8. The lowest BCUT2D eigenvalue weighted by molar-refractivity contribution is -0.139. The van der Waals surface area contributed by atoms with Crippen LogP contribution in [0.5, 0.6) is 17.4 Å². The normalized spacial score (nSPS) is 20.4. The Bertz CT molecular complexity index is 2470. The van der Waals surface area contributed by atoms with Gasteiger partial charge in [0.2, 0.25) is 23.6 Å². The zero-order valence-electron chi connectivity index (χ0n) is 31.9. The number of amides is 5. The lowest BCUT2D eigenvalue weighted by atomic mass is 10.0. The number of ether oxygens (including phenoxy) is 2. The van der Waals surface area contributed by atoms with Crippen molar-refractivity contribution >= 4 is 46.9 Å². The molecular weight excluding hydrogens is 799 g/mol. The van der Waals surface area contributed by atoms with E-state index in [0.717, 1.165) is 11.0 Å². The van der Waals surface area contributed by atoms with Crippen molar-refractivity contribution in [1.82, 2.24) is 30.4 Å². The molecule has 0 bridgehead atoms. The standard InChI is InChI=1S/C40H35F5N8O7/c1-51-17-19-4-3-5-30(33(19)38(51)58)60-35-24(40(43,44)45)16-47-39(50-35)48-28-14-25(41)20(12-31(28)59-2)15-46-27-10-11-52(18-26(27)42)21-6-7-22-23(13-21)37(57)53(36(22)56)29-8-9-32(54)49-34(29)55/h3-7,12-14,16,26-27,29,46H,8-11,15,17-18H2,1-2H3,(H,47,48,50)(H,49,54,55)/t26-,27+,29?/m0/s1. The number of anilines is 3. The molecule has 8 rings (SSSR count). The first-order chi connectivity index (χ1) is 28.6. The van der Waals surface area contributed by atoms with Crippen LogP contribution >= 0.6 is 0 Å². The molecule has 3 N–H and O–H groups in total. The van der Waals surface area contributed by atoms with E-state index in [9.17, 15) is 37.1 Å². The van der Waals surface area contributed by atoms with Gasteiger partial charge in [-0.1, -0.05) is 12.1 Å². The van der Waals surface area contributed by atoms with Crippen LogP contribution in [0.15, 0.2) is 54.7 Å². The molecule has 0 aliphatic carbocycles. The Morgan fingerprint density at radius 2 is 1.75 bits per heavy atom. The van der Waals surface area contributed by atoms with Crippen LogP contribution in [-0.4, -0.2) is 94.8 Å². The number of carbonyl (C=O) groups is 5. The summed E-state index contributed by atoms with van der Waals surface area (Å²) in [6.45, 7) is 0.371. The number of aromatic nitrogens is 2. The Kier molecular flexibility index (Phi) is 10.3. The van der Waals surface area contributed by atoms with E-state index in [1.54, 1.807) is 30.1 Å². The SMILES string of the molecule is COc1cc(CN[C@@H]2CCN(c3ccc4c(c3)C(=O)N(C3CCC(=O)NC3=O)C4=O)C[C@@H]2F)c(F)cc1Nc1ncc(C(F)(F)F)c(Oc2cccc3c2C(=O)N(C)C3)n1. The van der Waals surface area contributed by atoms with E-state index in [2.05, 4.69) is 25.9 Å². The van der Waals surface area contributed by atoms with Crippen LogP contribution in [0.25, 0.3) is 0 Å². The number of nitrogens with one attached hydrogen (secondary N) is 3. The molecule has 2 fully saturated rings. The van der Waals surface area contributed by atoms with Gasteiger partial charge in [-0.3, -0.25) is 34.2 Å². The molecule has 3 atom stereocenters. The molecule has 5 heterocycles. The van der Waals surface area contributed by atoms with Gasteiger partial charge in [-0.2, -0.15) is 18.2 Å². The summed E-state index contributed by atoms with van der Waals surface area (Å²) in [7, 11) is 2.84. The second-order valence-electron chi connectivity index (χ2n) is 14.6. The first-order valence-corrected chi connectivity index (χ1v) is 18.7. The maximum atomic E-state index is 15.7. The Morgan fingerprint density at radius 3 is 2.48 bits per heavy atom. The topological polar surface area (TPSA) is 175 Å². The highest BCUT2D eigenvalue weighted by atomic mass is 19.4. The third-order valence-corrected chi connectivity index (χ3v) is 10.8. The van der Waals surface area contributed by atoms with Crippen molar-refractivity contribution in [2.24, 2.45) is 0 Å². The first kappa shape index (κ1) is 40.1. The van der Waals surface area contributed by atoms with E-state index in [1.807, 2.05) is 0 Å². The van der Waals surface area contributed by atoms with Gasteiger partial charge in [0.1, 0.15) is 35.1 Å². The zero-order chi connectivity index (χ0) is 42.6. The largest absolute Gasteiger partial charge is 0.495 e. The number of nitrogens with zero attached hydrogens (tertiary/aromatic N) is 5. The third kappa shape index (κ3) is 7.42. The molecule has 2 saturated heterocycles. The van der Waals surface area contributed by atoms with E-state index in [-0.39, 0.29) is 78.3 Å². The molecule has 5 amide bonds.